The van der Waals surface area contributed by atoms with Crippen LogP contribution in [0.25, 0.3) is 11.0 Å². The predicted octanol–water partition coefficient (Wildman–Crippen LogP) is 3.63. The number of aryl methyl sites for hydroxylation is 1. The van der Waals surface area contributed by atoms with Gasteiger partial charge in [-0.15, -0.1) is 0 Å². The summed E-state index contributed by atoms with van der Waals surface area (Å²) in [6.45, 7) is 4.53. The van der Waals surface area contributed by atoms with Gasteiger partial charge in [0.2, 0.25) is 0 Å². The van der Waals surface area contributed by atoms with Crippen LogP contribution < -0.4 is 0 Å². The summed E-state index contributed by atoms with van der Waals surface area (Å²) in [5, 5.41) is 9.43. The van der Waals surface area contributed by atoms with Crippen molar-refractivity contribution in [1.82, 2.24) is 14.9 Å². The Balaban J connectivity index is 1.53. The Bertz CT molecular complexity index is 970. The van der Waals surface area contributed by atoms with Crippen LogP contribution >= 0.6 is 0 Å². The third-order valence-electron chi connectivity index (χ3n) is 5.12. The lowest BCUT2D eigenvalue weighted by molar-refractivity contribution is 0.0695. The van der Waals surface area contributed by atoms with Gasteiger partial charge < -0.3 is 5.11 Å². The Kier molecular flexibility index (Phi) is 4.39. The largest absolute Gasteiger partial charge is 0.478 e. The Morgan fingerprint density at radius 3 is 2.58 bits per heavy atom. The van der Waals surface area contributed by atoms with Crippen LogP contribution in [0.3, 0.4) is 0 Å². The lowest BCUT2D eigenvalue weighted by Gasteiger charge is -2.18. The number of hydrogen-bond donors (Lipinski definition) is 1. The molecule has 0 bridgehead atoms. The molecule has 0 amide bonds. The number of likely N-dealkylation sites (tertiary alicyclic amines) is 1. The molecule has 0 aliphatic carbocycles. The molecule has 3 aromatic rings. The molecule has 0 spiro atoms. The van der Waals surface area contributed by atoms with Gasteiger partial charge >= 0.3 is 5.97 Å². The van der Waals surface area contributed by atoms with Crippen LogP contribution in [0.4, 0.5) is 0 Å². The van der Waals surface area contributed by atoms with Gasteiger partial charge in [-0.2, -0.15) is 0 Å². The van der Waals surface area contributed by atoms with Crippen molar-refractivity contribution in [1.29, 1.82) is 0 Å². The molecule has 5 nitrogen and oxygen atoms in total. The van der Waals surface area contributed by atoms with Gasteiger partial charge in [-0.05, 0) is 49.6 Å². The summed E-state index contributed by atoms with van der Waals surface area (Å²) in [6.07, 6.45) is 0.963. The molecule has 1 fully saturated rings. The van der Waals surface area contributed by atoms with Crippen LogP contribution in [0, 0.1) is 6.92 Å². The maximum absolute atomic E-state index is 11.5. The highest BCUT2D eigenvalue weighted by Crippen LogP contribution is 2.30. The van der Waals surface area contributed by atoms with Gasteiger partial charge in [0.1, 0.15) is 0 Å². The Morgan fingerprint density at radius 2 is 1.81 bits per heavy atom. The first-order valence-corrected chi connectivity index (χ1v) is 8.88. The number of carbonyl (C=O) groups is 1. The molecule has 1 atom stereocenters. The van der Waals surface area contributed by atoms with Gasteiger partial charge in [-0.25, -0.2) is 14.8 Å². The molecule has 5 heteroatoms. The highest BCUT2D eigenvalue weighted by atomic mass is 16.4. The highest BCUT2D eigenvalue weighted by Gasteiger charge is 2.27. The summed E-state index contributed by atoms with van der Waals surface area (Å²) in [4.78, 5) is 23.3. The van der Waals surface area contributed by atoms with Crippen LogP contribution in [0.15, 0.2) is 48.5 Å². The van der Waals surface area contributed by atoms with Crippen LogP contribution in [0.5, 0.6) is 0 Å². The minimum Gasteiger partial charge on any atom is -0.478 e. The highest BCUT2D eigenvalue weighted by molar-refractivity contribution is 5.89. The minimum absolute atomic E-state index is 0.246. The number of rotatable bonds is 4. The molecule has 1 aliphatic rings. The van der Waals surface area contributed by atoms with Gasteiger partial charge in [0, 0.05) is 13.1 Å². The number of nitrogens with zero attached hydrogens (tertiary/aromatic N) is 3. The zero-order chi connectivity index (χ0) is 18.1. The molecule has 2 heterocycles. The molecule has 0 radical (unpaired) electrons. The number of carboxylic acids is 1. The molecule has 132 valence electrons. The quantitative estimate of drug-likeness (QED) is 0.781. The van der Waals surface area contributed by atoms with E-state index in [0.29, 0.717) is 5.56 Å². The minimum atomic E-state index is -0.852. The Morgan fingerprint density at radius 1 is 1.12 bits per heavy atom. The first-order chi connectivity index (χ1) is 12.6. The molecule has 1 aromatic heterocycles. The van der Waals surface area contributed by atoms with E-state index in [1.54, 1.807) is 12.1 Å². The fourth-order valence-electron chi connectivity index (χ4n) is 3.76. The number of carboxylic acid groups (broad SMARTS) is 1. The van der Waals surface area contributed by atoms with Crippen molar-refractivity contribution in [2.24, 2.45) is 0 Å². The molecule has 26 heavy (non-hydrogen) atoms. The molecule has 1 aliphatic heterocycles. The average molecular weight is 347 g/mol. The van der Waals surface area contributed by atoms with E-state index in [1.807, 2.05) is 43.3 Å². The monoisotopic (exact) mass is 347 g/mol. The second kappa shape index (κ2) is 6.84. The van der Waals surface area contributed by atoms with Gasteiger partial charge in [0.15, 0.2) is 0 Å². The van der Waals surface area contributed by atoms with Crippen LogP contribution in [0.2, 0.25) is 0 Å². The average Bonchev–Trinajstić information content (AvgIpc) is 3.11. The van der Waals surface area contributed by atoms with Gasteiger partial charge in [-0.1, -0.05) is 30.3 Å². The van der Waals surface area contributed by atoms with E-state index in [1.165, 1.54) is 0 Å². The molecule has 1 N–H and O–H groups in total. The summed E-state index contributed by atoms with van der Waals surface area (Å²) in [6, 6.07) is 15.3. The van der Waals surface area contributed by atoms with Crippen molar-refractivity contribution >= 4 is 17.0 Å². The van der Waals surface area contributed by atoms with Crippen molar-refractivity contribution in [2.75, 3.05) is 13.1 Å². The summed E-state index contributed by atoms with van der Waals surface area (Å²) in [5.41, 5.74) is 5.14. The van der Waals surface area contributed by atoms with E-state index in [2.05, 4.69) is 9.88 Å². The summed E-state index contributed by atoms with van der Waals surface area (Å²) >= 11 is 0. The lowest BCUT2D eigenvalue weighted by atomic mass is 9.93. The first kappa shape index (κ1) is 16.7. The normalized spacial score (nSPS) is 17.7. The fraction of sp³-hybridized carbons (Fsp3) is 0.286. The van der Waals surface area contributed by atoms with E-state index >= 15 is 0 Å². The van der Waals surface area contributed by atoms with Gasteiger partial charge in [0.25, 0.3) is 0 Å². The lowest BCUT2D eigenvalue weighted by Crippen LogP contribution is -2.22. The van der Waals surface area contributed by atoms with E-state index in [-0.39, 0.29) is 5.92 Å². The van der Waals surface area contributed by atoms with Crippen molar-refractivity contribution < 1.29 is 9.90 Å². The zero-order valence-corrected chi connectivity index (χ0v) is 14.7. The molecule has 4 rings (SSSR count). The maximum atomic E-state index is 11.5. The number of para-hydroxylation sites is 2. The second-order valence-electron chi connectivity index (χ2n) is 6.86. The number of fused-ring (bicyclic) bond motifs is 1. The standard InChI is InChI=1S/C21H21N3O2/c1-14-20(23-19-9-5-4-8-18(19)22-14)13-24-11-10-15(12-24)16-6-2-3-7-17(16)21(25)26/h2-9,15H,10-13H2,1H3,(H,25,26). The third kappa shape index (κ3) is 3.18. The van der Waals surface area contributed by atoms with Crippen LogP contribution in [-0.2, 0) is 6.54 Å². The van der Waals surface area contributed by atoms with E-state index in [9.17, 15) is 9.90 Å². The molecule has 2 aromatic carbocycles. The van der Waals surface area contributed by atoms with Crippen molar-refractivity contribution in [3.05, 3.63) is 71.0 Å². The fourth-order valence-corrected chi connectivity index (χ4v) is 3.76. The maximum Gasteiger partial charge on any atom is 0.335 e. The molecular formula is C21H21N3O2. The number of aromatic carboxylic acids is 1. The van der Waals surface area contributed by atoms with Crippen LogP contribution in [-0.4, -0.2) is 39.0 Å². The van der Waals surface area contributed by atoms with Crippen molar-refractivity contribution in [3.8, 4) is 0 Å². The molecular weight excluding hydrogens is 326 g/mol. The van der Waals surface area contributed by atoms with Crippen LogP contribution in [0.1, 0.15) is 39.6 Å². The Labute approximate surface area is 152 Å². The third-order valence-corrected chi connectivity index (χ3v) is 5.12. The summed E-state index contributed by atoms with van der Waals surface area (Å²) in [7, 11) is 0. The SMILES string of the molecule is Cc1nc2ccccc2nc1CN1CCC(c2ccccc2C(=O)O)C1. The van der Waals surface area contributed by atoms with E-state index in [0.717, 1.165) is 54.0 Å². The number of aromatic nitrogens is 2. The smallest absolute Gasteiger partial charge is 0.335 e. The van der Waals surface area contributed by atoms with Gasteiger partial charge in [-0.3, -0.25) is 4.90 Å². The van der Waals surface area contributed by atoms with E-state index < -0.39 is 5.97 Å². The first-order valence-electron chi connectivity index (χ1n) is 8.88. The molecule has 1 unspecified atom stereocenters. The molecule has 0 saturated carbocycles. The number of benzene rings is 2. The van der Waals surface area contributed by atoms with Crippen molar-refractivity contribution in [3.63, 3.8) is 0 Å². The topological polar surface area (TPSA) is 66.3 Å². The van der Waals surface area contributed by atoms with E-state index in [4.69, 9.17) is 4.98 Å². The summed E-state index contributed by atoms with van der Waals surface area (Å²) in [5.74, 6) is -0.605. The van der Waals surface area contributed by atoms with Gasteiger partial charge in [0.05, 0.1) is 28.0 Å². The molecule has 1 saturated heterocycles. The Hall–Kier alpha value is -2.79. The predicted molar refractivity (Wildman–Crippen MR) is 100 cm³/mol. The number of hydrogen-bond acceptors (Lipinski definition) is 4. The summed E-state index contributed by atoms with van der Waals surface area (Å²) < 4.78 is 0. The second-order valence-corrected chi connectivity index (χ2v) is 6.86. The van der Waals surface area contributed by atoms with Crippen molar-refractivity contribution in [2.45, 2.75) is 25.8 Å². The zero-order valence-electron chi connectivity index (χ0n) is 14.7.